The molecule has 10 nitrogen and oxygen atoms in total. The van der Waals surface area contributed by atoms with Gasteiger partial charge in [0.05, 0.1) is 59.2 Å². The molecule has 8 aromatic rings. The molecule has 0 aliphatic carbocycles. The minimum absolute atomic E-state index is 0.161. The number of aromatic amines is 2. The molecule has 0 radical (unpaired) electrons. The summed E-state index contributed by atoms with van der Waals surface area (Å²) in [7, 11) is 2.54. The van der Waals surface area contributed by atoms with Crippen LogP contribution in [-0.2, 0) is 9.47 Å². The first kappa shape index (κ1) is 49.2. The van der Waals surface area contributed by atoms with Gasteiger partial charge in [-0.15, -0.1) is 0 Å². The number of hydrogen-bond donors (Lipinski definition) is 2. The van der Waals surface area contributed by atoms with Crippen molar-refractivity contribution in [3.8, 4) is 57.1 Å². The summed E-state index contributed by atoms with van der Waals surface area (Å²) in [6.07, 6.45) is 9.80. The SMILES string of the molecule is COC(=O)c1cc(C#Cc2cc(C#Cc3c4nc(c(-c5c(C)cc(C)cc5C)c5ccc([nH]5)c(-c5c(C)cc(C)cc5C)c5nc(c(-c6c(C)cc(C)cc6C)c6ccc3[nH]6)C=C5)C=C4)ncn2)cc(C(=O)OC)c1. The Morgan fingerprint density at radius 2 is 0.773 bits per heavy atom. The van der Waals surface area contributed by atoms with E-state index in [1.54, 1.807) is 18.2 Å². The second kappa shape index (κ2) is 19.9. The van der Waals surface area contributed by atoms with E-state index in [0.29, 0.717) is 28.2 Å². The quantitative estimate of drug-likeness (QED) is 0.129. The van der Waals surface area contributed by atoms with Gasteiger partial charge in [0.1, 0.15) is 17.7 Å². The second-order valence-corrected chi connectivity index (χ2v) is 19.4. The van der Waals surface area contributed by atoms with E-state index in [2.05, 4.69) is 185 Å². The highest BCUT2D eigenvalue weighted by molar-refractivity contribution is 6.00. The number of benzene rings is 4. The highest BCUT2D eigenvalue weighted by Gasteiger charge is 2.22. The summed E-state index contributed by atoms with van der Waals surface area (Å²) in [6, 6.07) is 28.1. The van der Waals surface area contributed by atoms with E-state index in [9.17, 15) is 9.59 Å². The van der Waals surface area contributed by atoms with Crippen molar-refractivity contribution in [1.82, 2.24) is 29.9 Å². The minimum atomic E-state index is -0.610. The summed E-state index contributed by atoms with van der Waals surface area (Å²) in [4.78, 5) is 52.7. The van der Waals surface area contributed by atoms with Crippen molar-refractivity contribution < 1.29 is 19.1 Å². The molecule has 10 rings (SSSR count). The van der Waals surface area contributed by atoms with Crippen LogP contribution in [0.1, 0.15) is 116 Å². The zero-order valence-electron chi connectivity index (χ0n) is 43.9. The molecule has 8 bridgehead atoms. The Morgan fingerprint density at radius 1 is 0.413 bits per heavy atom. The van der Waals surface area contributed by atoms with Crippen LogP contribution in [0.4, 0.5) is 0 Å². The summed E-state index contributed by atoms with van der Waals surface area (Å²) < 4.78 is 9.83. The standard InChI is InChI=1S/C65H54N6O4/c1-35-24-38(4)58(39(5)25-35)61-52-18-16-50(68-52)49(15-14-48-33-47(66-34-67-48)13-12-44-30-45(64(72)74-10)32-46(31-44)65(73)75-11)51-17-19-53(69-51)62(59-40(6)26-36(2)27-41(59)7)55-21-23-57(71-55)63(56-22-20-54(61)70-56)60-42(8)28-37(3)29-43(60)9/h16-34,68,71H,1-11H3. The zero-order chi connectivity index (χ0) is 52.8. The number of carbonyl (C=O) groups is 2. The Bertz CT molecular complexity index is 3980. The van der Waals surface area contributed by atoms with Crippen LogP contribution in [0, 0.1) is 86.0 Å². The molecule has 2 aliphatic heterocycles. The Kier molecular flexibility index (Phi) is 13.1. The van der Waals surface area contributed by atoms with Crippen molar-refractivity contribution in [2.75, 3.05) is 14.2 Å². The van der Waals surface area contributed by atoms with Crippen molar-refractivity contribution in [3.63, 3.8) is 0 Å². The Morgan fingerprint density at radius 3 is 1.19 bits per heavy atom. The molecule has 0 saturated carbocycles. The van der Waals surface area contributed by atoms with Crippen molar-refractivity contribution in [2.24, 2.45) is 0 Å². The fourth-order valence-electron chi connectivity index (χ4n) is 10.8. The van der Waals surface area contributed by atoms with Gasteiger partial charge in [-0.05, 0) is 191 Å². The van der Waals surface area contributed by atoms with Crippen LogP contribution in [0.2, 0.25) is 0 Å². The predicted molar refractivity (Wildman–Crippen MR) is 301 cm³/mol. The Hall–Kier alpha value is -9.38. The number of rotatable bonds is 5. The van der Waals surface area contributed by atoms with Crippen LogP contribution in [0.3, 0.4) is 0 Å². The first-order chi connectivity index (χ1) is 36.1. The maximum Gasteiger partial charge on any atom is 0.337 e. The molecule has 2 aliphatic rings. The molecule has 0 atom stereocenters. The van der Waals surface area contributed by atoms with Gasteiger partial charge in [-0.2, -0.15) is 0 Å². The fraction of sp³-hybridized carbons (Fsp3) is 0.169. The lowest BCUT2D eigenvalue weighted by molar-refractivity contribution is 0.0599. The first-order valence-corrected chi connectivity index (χ1v) is 24.7. The maximum atomic E-state index is 12.5. The minimum Gasteiger partial charge on any atom is -0.465 e. The molecule has 0 fully saturated rings. The van der Waals surface area contributed by atoms with Gasteiger partial charge in [0.15, 0.2) is 0 Å². The number of fused-ring (bicyclic) bond motifs is 8. The molecule has 2 N–H and O–H groups in total. The van der Waals surface area contributed by atoms with Crippen LogP contribution < -0.4 is 0 Å². The van der Waals surface area contributed by atoms with Crippen LogP contribution in [-0.4, -0.2) is 56.1 Å². The summed E-state index contributed by atoms with van der Waals surface area (Å²) in [5.74, 6) is 11.6. The molecule has 0 unspecified atom stereocenters. The third-order valence-electron chi connectivity index (χ3n) is 13.6. The molecule has 0 amide bonds. The zero-order valence-corrected chi connectivity index (χ0v) is 43.9. The van der Waals surface area contributed by atoms with E-state index < -0.39 is 11.9 Å². The van der Waals surface area contributed by atoms with Gasteiger partial charge in [0, 0.05) is 44.9 Å². The molecule has 0 spiro atoms. The second-order valence-electron chi connectivity index (χ2n) is 19.4. The third-order valence-corrected chi connectivity index (χ3v) is 13.6. The number of methoxy groups -OCH3 is 2. The lowest BCUT2D eigenvalue weighted by Crippen LogP contribution is -2.07. The number of nitrogens with one attached hydrogen (secondary N) is 2. The van der Waals surface area contributed by atoms with Crippen LogP contribution in [0.15, 0.2) is 91.3 Å². The topological polar surface area (TPSA) is 136 Å². The number of H-pyrrole nitrogens is 2. The van der Waals surface area contributed by atoms with Crippen molar-refractivity contribution >= 4 is 58.3 Å². The predicted octanol–water partition coefficient (Wildman–Crippen LogP) is 13.6. The molecule has 75 heavy (non-hydrogen) atoms. The van der Waals surface area contributed by atoms with Crippen molar-refractivity contribution in [1.29, 1.82) is 0 Å². The highest BCUT2D eigenvalue weighted by Crippen LogP contribution is 2.41. The average molecular weight is 983 g/mol. The summed E-state index contributed by atoms with van der Waals surface area (Å²) in [6.45, 7) is 19.4. The van der Waals surface area contributed by atoms with Crippen LogP contribution in [0.5, 0.6) is 0 Å². The molecule has 0 saturated heterocycles. The number of ether oxygens (including phenoxy) is 2. The third kappa shape index (κ3) is 9.58. The monoisotopic (exact) mass is 982 g/mol. The van der Waals surface area contributed by atoms with Gasteiger partial charge in [0.2, 0.25) is 0 Å². The van der Waals surface area contributed by atoms with E-state index in [0.717, 1.165) is 94.8 Å². The van der Waals surface area contributed by atoms with E-state index >= 15 is 0 Å². The summed E-state index contributed by atoms with van der Waals surface area (Å²) in [5.41, 5.74) is 25.6. The molecular formula is C65H54N6O4. The van der Waals surface area contributed by atoms with Crippen LogP contribution in [0.25, 0.3) is 79.8 Å². The van der Waals surface area contributed by atoms with Gasteiger partial charge in [-0.25, -0.2) is 29.5 Å². The van der Waals surface area contributed by atoms with E-state index in [1.807, 2.05) is 6.08 Å². The normalized spacial score (nSPS) is 11.5. The lowest BCUT2D eigenvalue weighted by Gasteiger charge is -2.14. The van der Waals surface area contributed by atoms with Crippen LogP contribution >= 0.6 is 0 Å². The van der Waals surface area contributed by atoms with E-state index in [4.69, 9.17) is 19.4 Å². The lowest BCUT2D eigenvalue weighted by atomic mass is 9.92. The molecule has 10 heteroatoms. The van der Waals surface area contributed by atoms with E-state index in [-0.39, 0.29) is 11.1 Å². The summed E-state index contributed by atoms with van der Waals surface area (Å²) >= 11 is 0. The van der Waals surface area contributed by atoms with E-state index in [1.165, 1.54) is 54.4 Å². The Labute approximate surface area is 436 Å². The first-order valence-electron chi connectivity index (χ1n) is 24.7. The molecule has 6 heterocycles. The van der Waals surface area contributed by atoms with Crippen molar-refractivity contribution in [3.05, 3.63) is 198 Å². The molecular weight excluding hydrogens is 929 g/mol. The largest absolute Gasteiger partial charge is 0.465 e. The smallest absolute Gasteiger partial charge is 0.337 e. The fourth-order valence-corrected chi connectivity index (χ4v) is 10.8. The van der Waals surface area contributed by atoms with Gasteiger partial charge in [-0.1, -0.05) is 64.9 Å². The number of aryl methyl sites for hydroxylation is 9. The average Bonchev–Trinajstić information content (AvgIpc) is 4.23. The summed E-state index contributed by atoms with van der Waals surface area (Å²) in [5, 5.41) is 0. The van der Waals surface area contributed by atoms with Gasteiger partial charge in [0.25, 0.3) is 0 Å². The van der Waals surface area contributed by atoms with Crippen molar-refractivity contribution in [2.45, 2.75) is 62.3 Å². The molecule has 368 valence electrons. The van der Waals surface area contributed by atoms with Gasteiger partial charge in [-0.3, -0.25) is 0 Å². The number of nitrogens with zero attached hydrogens (tertiary/aromatic N) is 4. The molecule has 4 aromatic heterocycles. The molecule has 4 aromatic carbocycles. The number of aromatic nitrogens is 6. The number of hydrogen-bond acceptors (Lipinski definition) is 8. The highest BCUT2D eigenvalue weighted by atomic mass is 16.5. The van der Waals surface area contributed by atoms with Gasteiger partial charge >= 0.3 is 11.9 Å². The number of carbonyl (C=O) groups excluding carboxylic acids is 2. The van der Waals surface area contributed by atoms with Gasteiger partial charge < -0.3 is 19.4 Å². The number of esters is 2. The Balaban J connectivity index is 1.26. The maximum absolute atomic E-state index is 12.5.